The summed E-state index contributed by atoms with van der Waals surface area (Å²) in [5.41, 5.74) is 0.714. The number of carboxylic acid groups (broad SMARTS) is 1. The van der Waals surface area contributed by atoms with Crippen molar-refractivity contribution in [2.24, 2.45) is 0 Å². The van der Waals surface area contributed by atoms with Crippen LogP contribution in [0.25, 0.3) is 0 Å². The number of para-hydroxylation sites is 1. The van der Waals surface area contributed by atoms with Crippen molar-refractivity contribution in [3.63, 3.8) is 0 Å². The van der Waals surface area contributed by atoms with E-state index in [9.17, 15) is 9.59 Å². The van der Waals surface area contributed by atoms with Gasteiger partial charge in [0.15, 0.2) is 0 Å². The van der Waals surface area contributed by atoms with E-state index in [4.69, 9.17) is 9.84 Å². The zero-order valence-corrected chi connectivity index (χ0v) is 12.0. The van der Waals surface area contributed by atoms with Crippen molar-refractivity contribution in [3.05, 3.63) is 30.3 Å². The fourth-order valence-electron chi connectivity index (χ4n) is 2.44. The maximum Gasteiger partial charge on any atom is 0.305 e. The predicted molar refractivity (Wildman–Crippen MR) is 78.3 cm³/mol. The minimum atomic E-state index is -0.919. The van der Waals surface area contributed by atoms with Gasteiger partial charge in [0.2, 0.25) is 5.91 Å². The normalized spacial score (nSPS) is 21.2. The first-order chi connectivity index (χ1) is 10.1. The number of amides is 1. The van der Waals surface area contributed by atoms with Crippen LogP contribution < -0.4 is 10.2 Å². The van der Waals surface area contributed by atoms with Gasteiger partial charge < -0.3 is 20.1 Å². The van der Waals surface area contributed by atoms with Gasteiger partial charge in [-0.15, -0.1) is 0 Å². The Morgan fingerprint density at radius 1 is 1.38 bits per heavy atom. The number of hydrogen-bond donors (Lipinski definition) is 2. The van der Waals surface area contributed by atoms with Gasteiger partial charge in [-0.1, -0.05) is 18.2 Å². The van der Waals surface area contributed by atoms with Gasteiger partial charge >= 0.3 is 5.97 Å². The molecule has 1 aromatic rings. The van der Waals surface area contributed by atoms with Gasteiger partial charge in [-0.2, -0.15) is 0 Å². The van der Waals surface area contributed by atoms with Gasteiger partial charge in [-0.25, -0.2) is 0 Å². The number of carbonyl (C=O) groups is 2. The van der Waals surface area contributed by atoms with E-state index in [1.54, 1.807) is 7.11 Å². The monoisotopic (exact) mass is 292 g/mol. The second-order valence-corrected chi connectivity index (χ2v) is 5.02. The summed E-state index contributed by atoms with van der Waals surface area (Å²) >= 11 is 0. The fraction of sp³-hybridized carbons (Fsp3) is 0.467. The molecule has 0 bridgehead atoms. The Hall–Kier alpha value is -1.92. The first-order valence-corrected chi connectivity index (χ1v) is 6.96. The molecule has 2 unspecified atom stereocenters. The first kappa shape index (κ1) is 15.5. The third-order valence-electron chi connectivity index (χ3n) is 3.61. The smallest absolute Gasteiger partial charge is 0.305 e. The van der Waals surface area contributed by atoms with E-state index in [0.29, 0.717) is 18.7 Å². The summed E-state index contributed by atoms with van der Waals surface area (Å²) in [5.74, 6) is -1.03. The first-order valence-electron chi connectivity index (χ1n) is 6.96. The van der Waals surface area contributed by atoms with E-state index in [1.807, 2.05) is 30.3 Å². The van der Waals surface area contributed by atoms with Crippen LogP contribution in [0.3, 0.4) is 0 Å². The highest BCUT2D eigenvalue weighted by Gasteiger charge is 2.32. The molecule has 1 saturated heterocycles. The third-order valence-corrected chi connectivity index (χ3v) is 3.61. The molecule has 21 heavy (non-hydrogen) atoms. The molecule has 6 heteroatoms. The van der Waals surface area contributed by atoms with Crippen LogP contribution in [0, 0.1) is 0 Å². The average molecular weight is 292 g/mol. The number of nitrogens with zero attached hydrogens (tertiary/aromatic N) is 1. The molecule has 2 rings (SSSR count). The molecule has 2 N–H and O–H groups in total. The van der Waals surface area contributed by atoms with E-state index < -0.39 is 5.97 Å². The average Bonchev–Trinajstić information content (AvgIpc) is 2.97. The van der Waals surface area contributed by atoms with Gasteiger partial charge in [0, 0.05) is 25.9 Å². The summed E-state index contributed by atoms with van der Waals surface area (Å²) in [6, 6.07) is 8.81. The Morgan fingerprint density at radius 3 is 2.67 bits per heavy atom. The van der Waals surface area contributed by atoms with Crippen molar-refractivity contribution in [3.8, 4) is 0 Å². The molecule has 1 amide bonds. The highest BCUT2D eigenvalue weighted by molar-refractivity contribution is 5.97. The molecule has 0 saturated carbocycles. The molecule has 114 valence electrons. The lowest BCUT2D eigenvalue weighted by atomic mass is 10.1. The quantitative estimate of drug-likeness (QED) is 0.813. The second-order valence-electron chi connectivity index (χ2n) is 5.02. The van der Waals surface area contributed by atoms with Crippen molar-refractivity contribution >= 4 is 17.6 Å². The number of rotatable bonds is 6. The van der Waals surface area contributed by atoms with Gasteiger partial charge in [0.25, 0.3) is 0 Å². The van der Waals surface area contributed by atoms with Crippen molar-refractivity contribution < 1.29 is 19.4 Å². The van der Waals surface area contributed by atoms with Gasteiger partial charge in [-0.05, 0) is 18.6 Å². The molecule has 0 radical (unpaired) electrons. The largest absolute Gasteiger partial charge is 0.481 e. The number of anilines is 1. The molecular formula is C15H20N2O4. The number of benzene rings is 1. The Kier molecular flexibility index (Phi) is 5.30. The minimum Gasteiger partial charge on any atom is -0.481 e. The number of aliphatic carboxylic acids is 1. The Balaban J connectivity index is 2.11. The van der Waals surface area contributed by atoms with Gasteiger partial charge in [0.1, 0.15) is 0 Å². The molecule has 6 nitrogen and oxygen atoms in total. The summed E-state index contributed by atoms with van der Waals surface area (Å²) in [5, 5.41) is 12.0. The van der Waals surface area contributed by atoms with Crippen LogP contribution in [0.2, 0.25) is 0 Å². The molecule has 1 aliphatic rings. The molecule has 1 aromatic carbocycles. The molecule has 1 heterocycles. The maximum atomic E-state index is 12.6. The number of carbonyl (C=O) groups excluding carboxylic acids is 1. The van der Waals surface area contributed by atoms with Crippen LogP contribution in [0.5, 0.6) is 0 Å². The minimum absolute atomic E-state index is 0.0241. The second kappa shape index (κ2) is 7.19. The van der Waals surface area contributed by atoms with Crippen LogP contribution in [0.15, 0.2) is 30.3 Å². The topological polar surface area (TPSA) is 78.9 Å². The molecule has 1 fully saturated rings. The summed E-state index contributed by atoms with van der Waals surface area (Å²) in [6.07, 6.45) is 0.545. The van der Waals surface area contributed by atoms with Crippen molar-refractivity contribution in [2.45, 2.75) is 25.0 Å². The third kappa shape index (κ3) is 4.03. The van der Waals surface area contributed by atoms with Crippen molar-refractivity contribution in [1.29, 1.82) is 0 Å². The van der Waals surface area contributed by atoms with E-state index in [-0.39, 0.29) is 31.0 Å². The summed E-state index contributed by atoms with van der Waals surface area (Å²) in [4.78, 5) is 25.0. The fourth-order valence-corrected chi connectivity index (χ4v) is 2.44. The lowest BCUT2D eigenvalue weighted by molar-refractivity contribution is -0.136. The summed E-state index contributed by atoms with van der Waals surface area (Å²) in [6.45, 7) is 0.794. The summed E-state index contributed by atoms with van der Waals surface area (Å²) < 4.78 is 5.25. The zero-order chi connectivity index (χ0) is 15.2. The van der Waals surface area contributed by atoms with Crippen LogP contribution in [0.1, 0.15) is 12.8 Å². The lowest BCUT2D eigenvalue weighted by Crippen LogP contribution is -2.44. The molecule has 0 aliphatic carbocycles. The van der Waals surface area contributed by atoms with E-state index >= 15 is 0 Å². The van der Waals surface area contributed by atoms with Crippen LogP contribution in [0.4, 0.5) is 5.69 Å². The highest BCUT2D eigenvalue weighted by atomic mass is 16.5. The maximum absolute atomic E-state index is 12.6. The van der Waals surface area contributed by atoms with E-state index in [2.05, 4.69) is 5.32 Å². The highest BCUT2D eigenvalue weighted by Crippen LogP contribution is 2.19. The lowest BCUT2D eigenvalue weighted by Gasteiger charge is -2.25. The predicted octanol–water partition coefficient (Wildman–Crippen LogP) is 0.871. The van der Waals surface area contributed by atoms with Gasteiger partial charge in [-0.3, -0.25) is 9.59 Å². The van der Waals surface area contributed by atoms with Gasteiger partial charge in [0.05, 0.1) is 18.6 Å². The van der Waals surface area contributed by atoms with Crippen LogP contribution >= 0.6 is 0 Å². The summed E-state index contributed by atoms with van der Waals surface area (Å²) in [7, 11) is 1.62. The van der Waals surface area contributed by atoms with E-state index in [1.165, 1.54) is 4.90 Å². The zero-order valence-electron chi connectivity index (χ0n) is 12.0. The number of methoxy groups -OCH3 is 1. The van der Waals surface area contributed by atoms with Crippen LogP contribution in [-0.2, 0) is 14.3 Å². The standard InChI is InChI=1S/C15H20N2O4/c1-21-12-9-13(16-10-12)15(20)17(8-7-14(18)19)11-5-3-2-4-6-11/h2-6,12-13,16H,7-10H2,1H3,(H,18,19). The SMILES string of the molecule is COC1CNC(C(=O)N(CCC(=O)O)c2ccccc2)C1. The number of carboxylic acids is 1. The number of nitrogens with one attached hydrogen (secondary N) is 1. The Labute approximate surface area is 123 Å². The Bertz CT molecular complexity index is 492. The molecule has 0 spiro atoms. The molecular weight excluding hydrogens is 272 g/mol. The van der Waals surface area contributed by atoms with Crippen LogP contribution in [-0.4, -0.2) is 49.3 Å². The van der Waals surface area contributed by atoms with Crippen molar-refractivity contribution in [2.75, 3.05) is 25.1 Å². The molecule has 0 aromatic heterocycles. The molecule has 2 atom stereocenters. The number of ether oxygens (including phenoxy) is 1. The van der Waals surface area contributed by atoms with E-state index in [0.717, 1.165) is 0 Å². The number of hydrogen-bond acceptors (Lipinski definition) is 4. The van der Waals surface area contributed by atoms with Crippen molar-refractivity contribution in [1.82, 2.24) is 5.32 Å². The Morgan fingerprint density at radius 2 is 2.10 bits per heavy atom. The molecule has 1 aliphatic heterocycles.